The number of hydrogen-bond donors (Lipinski definition) is 1. The summed E-state index contributed by atoms with van der Waals surface area (Å²) in [5, 5.41) is 4.77. The van der Waals surface area contributed by atoms with Gasteiger partial charge in [-0.3, -0.25) is 14.2 Å². The number of aromatic nitrogens is 2. The molecule has 4 aromatic rings. The average molecular weight is 408 g/mol. The fourth-order valence-electron chi connectivity index (χ4n) is 2.93. The Hall–Kier alpha value is -2.90. The van der Waals surface area contributed by atoms with Gasteiger partial charge in [-0.2, -0.15) is 0 Å². The molecule has 0 saturated heterocycles. The number of thiophene rings is 1. The highest BCUT2D eigenvalue weighted by Gasteiger charge is 2.14. The number of fused-ring (bicyclic) bond motifs is 1. The molecule has 0 aliphatic heterocycles. The van der Waals surface area contributed by atoms with Crippen molar-refractivity contribution in [1.82, 2.24) is 9.55 Å². The van der Waals surface area contributed by atoms with Crippen LogP contribution in [-0.2, 0) is 11.3 Å². The van der Waals surface area contributed by atoms with Gasteiger partial charge >= 0.3 is 0 Å². The molecule has 0 aliphatic rings. The predicted molar refractivity (Wildman–Crippen MR) is 116 cm³/mol. The molecule has 1 N–H and O–H groups in total. The molecule has 0 aliphatic carbocycles. The zero-order valence-corrected chi connectivity index (χ0v) is 16.7. The van der Waals surface area contributed by atoms with Gasteiger partial charge in [0.25, 0.3) is 5.56 Å². The summed E-state index contributed by atoms with van der Waals surface area (Å²) in [7, 11) is 0. The third-order valence-electron chi connectivity index (χ3n) is 4.30. The van der Waals surface area contributed by atoms with Crippen molar-refractivity contribution in [3.8, 4) is 11.1 Å². The van der Waals surface area contributed by atoms with E-state index in [9.17, 15) is 9.59 Å². The number of amides is 1. The maximum atomic E-state index is 12.8. The summed E-state index contributed by atoms with van der Waals surface area (Å²) in [5.41, 5.74) is 3.13. The lowest BCUT2D eigenvalue weighted by Gasteiger charge is -2.08. The van der Waals surface area contributed by atoms with Crippen LogP contribution in [-0.4, -0.2) is 21.7 Å². The Labute approximate surface area is 170 Å². The van der Waals surface area contributed by atoms with E-state index in [-0.39, 0.29) is 18.0 Å². The van der Waals surface area contributed by atoms with Crippen molar-refractivity contribution in [3.05, 3.63) is 76.7 Å². The van der Waals surface area contributed by atoms with Gasteiger partial charge in [0.1, 0.15) is 11.2 Å². The molecule has 0 atom stereocenters. The summed E-state index contributed by atoms with van der Waals surface area (Å²) >= 11 is 2.96. The SMILES string of the molecule is CSc1cccc(NC(=O)Cn2cnc3c(-c4ccccc4)csc3c2=O)c1. The van der Waals surface area contributed by atoms with Gasteiger partial charge in [-0.25, -0.2) is 4.98 Å². The number of hydrogen-bond acceptors (Lipinski definition) is 5. The smallest absolute Gasteiger partial charge is 0.271 e. The molecule has 4 rings (SSSR count). The fourth-order valence-corrected chi connectivity index (χ4v) is 4.37. The van der Waals surface area contributed by atoms with Crippen molar-refractivity contribution in [2.75, 3.05) is 11.6 Å². The van der Waals surface area contributed by atoms with E-state index in [1.54, 1.807) is 11.8 Å². The van der Waals surface area contributed by atoms with E-state index < -0.39 is 0 Å². The Morgan fingerprint density at radius 3 is 2.79 bits per heavy atom. The Bertz CT molecular complexity index is 1200. The largest absolute Gasteiger partial charge is 0.324 e. The number of carbonyl (C=O) groups excluding carboxylic acids is 1. The van der Waals surface area contributed by atoms with Crippen molar-refractivity contribution >= 4 is 44.9 Å². The number of nitrogens with one attached hydrogen (secondary N) is 1. The lowest BCUT2D eigenvalue weighted by Crippen LogP contribution is -2.27. The number of benzene rings is 2. The second kappa shape index (κ2) is 8.00. The van der Waals surface area contributed by atoms with Crippen LogP contribution in [0.15, 0.2) is 76.0 Å². The zero-order valence-electron chi connectivity index (χ0n) is 15.1. The summed E-state index contributed by atoms with van der Waals surface area (Å²) in [6.07, 6.45) is 3.42. The molecule has 28 heavy (non-hydrogen) atoms. The van der Waals surface area contributed by atoms with Crippen LogP contribution in [0.5, 0.6) is 0 Å². The quantitative estimate of drug-likeness (QED) is 0.495. The Kier molecular flexibility index (Phi) is 5.27. The summed E-state index contributed by atoms with van der Waals surface area (Å²) < 4.78 is 1.90. The van der Waals surface area contributed by atoms with Gasteiger partial charge in [0.15, 0.2) is 0 Å². The molecule has 2 heterocycles. The number of nitrogens with zero attached hydrogens (tertiary/aromatic N) is 2. The van der Waals surface area contributed by atoms with E-state index in [1.807, 2.05) is 66.2 Å². The molecule has 7 heteroatoms. The second-order valence-electron chi connectivity index (χ2n) is 6.15. The topological polar surface area (TPSA) is 64.0 Å². The van der Waals surface area contributed by atoms with E-state index >= 15 is 0 Å². The van der Waals surface area contributed by atoms with Crippen molar-refractivity contribution in [2.45, 2.75) is 11.4 Å². The normalized spacial score (nSPS) is 10.9. The van der Waals surface area contributed by atoms with E-state index in [4.69, 9.17) is 0 Å². The first kappa shape index (κ1) is 18.5. The summed E-state index contributed by atoms with van der Waals surface area (Å²) in [5.74, 6) is -0.263. The van der Waals surface area contributed by atoms with Crippen molar-refractivity contribution in [3.63, 3.8) is 0 Å². The summed E-state index contributed by atoms with van der Waals surface area (Å²) in [6.45, 7) is -0.0795. The summed E-state index contributed by atoms with van der Waals surface area (Å²) in [6, 6.07) is 17.4. The van der Waals surface area contributed by atoms with E-state index in [1.165, 1.54) is 22.2 Å². The van der Waals surface area contributed by atoms with Crippen molar-refractivity contribution in [2.24, 2.45) is 0 Å². The highest BCUT2D eigenvalue weighted by molar-refractivity contribution is 7.98. The lowest BCUT2D eigenvalue weighted by atomic mass is 10.1. The molecular weight excluding hydrogens is 390 g/mol. The Morgan fingerprint density at radius 1 is 1.18 bits per heavy atom. The maximum absolute atomic E-state index is 12.8. The number of anilines is 1. The molecule has 0 unspecified atom stereocenters. The van der Waals surface area contributed by atoms with Crippen LogP contribution in [0.1, 0.15) is 0 Å². The third-order valence-corrected chi connectivity index (χ3v) is 5.98. The highest BCUT2D eigenvalue weighted by Crippen LogP contribution is 2.30. The molecule has 2 aromatic carbocycles. The maximum Gasteiger partial charge on any atom is 0.271 e. The molecule has 0 fully saturated rings. The van der Waals surface area contributed by atoms with E-state index in [0.29, 0.717) is 15.9 Å². The predicted octanol–water partition coefficient (Wildman–Crippen LogP) is 4.49. The van der Waals surface area contributed by atoms with Crippen LogP contribution in [0, 0.1) is 0 Å². The molecule has 0 saturated carbocycles. The molecule has 0 radical (unpaired) electrons. The van der Waals surface area contributed by atoms with Gasteiger partial charge in [0, 0.05) is 21.5 Å². The molecule has 0 bridgehead atoms. The second-order valence-corrected chi connectivity index (χ2v) is 7.91. The minimum Gasteiger partial charge on any atom is -0.324 e. The van der Waals surface area contributed by atoms with Gasteiger partial charge in [0.05, 0.1) is 11.8 Å². The molecule has 2 aromatic heterocycles. The molecule has 1 amide bonds. The molecular formula is C21H17N3O2S2. The van der Waals surface area contributed by atoms with Crippen LogP contribution in [0.3, 0.4) is 0 Å². The Morgan fingerprint density at radius 2 is 2.00 bits per heavy atom. The zero-order chi connectivity index (χ0) is 19.5. The number of thioether (sulfide) groups is 1. The molecule has 5 nitrogen and oxygen atoms in total. The van der Waals surface area contributed by atoms with Gasteiger partial charge in [-0.15, -0.1) is 23.1 Å². The van der Waals surface area contributed by atoms with Crippen LogP contribution in [0.2, 0.25) is 0 Å². The van der Waals surface area contributed by atoms with Crippen LogP contribution in [0.4, 0.5) is 5.69 Å². The van der Waals surface area contributed by atoms with E-state index in [0.717, 1.165) is 16.0 Å². The van der Waals surface area contributed by atoms with Gasteiger partial charge in [-0.1, -0.05) is 36.4 Å². The van der Waals surface area contributed by atoms with Gasteiger partial charge in [0.2, 0.25) is 5.91 Å². The van der Waals surface area contributed by atoms with Crippen molar-refractivity contribution < 1.29 is 4.79 Å². The van der Waals surface area contributed by atoms with Crippen LogP contribution in [0.25, 0.3) is 21.3 Å². The minimum absolute atomic E-state index is 0.0795. The van der Waals surface area contributed by atoms with Gasteiger partial charge in [-0.05, 0) is 30.0 Å². The number of carbonyl (C=O) groups is 1. The monoisotopic (exact) mass is 407 g/mol. The first-order valence-corrected chi connectivity index (χ1v) is 10.7. The first-order chi connectivity index (χ1) is 13.7. The standard InChI is InChI=1S/C21H17N3O2S2/c1-27-16-9-5-8-15(10-16)23-18(25)11-24-13-22-19-17(12-28-20(19)21(24)26)14-6-3-2-4-7-14/h2-10,12-13H,11H2,1H3,(H,23,25). The first-order valence-electron chi connectivity index (χ1n) is 8.61. The minimum atomic E-state index is -0.263. The van der Waals surface area contributed by atoms with Gasteiger partial charge < -0.3 is 5.32 Å². The highest BCUT2D eigenvalue weighted by atomic mass is 32.2. The average Bonchev–Trinajstić information content (AvgIpc) is 3.16. The lowest BCUT2D eigenvalue weighted by molar-refractivity contribution is -0.116. The van der Waals surface area contributed by atoms with Crippen LogP contribution >= 0.6 is 23.1 Å². The number of rotatable bonds is 5. The molecule has 140 valence electrons. The summed E-state index contributed by atoms with van der Waals surface area (Å²) in [4.78, 5) is 30.7. The molecule has 0 spiro atoms. The Balaban J connectivity index is 1.59. The van der Waals surface area contributed by atoms with Crippen LogP contribution < -0.4 is 10.9 Å². The third kappa shape index (κ3) is 3.72. The fraction of sp³-hybridized carbons (Fsp3) is 0.0952. The van der Waals surface area contributed by atoms with Crippen molar-refractivity contribution in [1.29, 1.82) is 0 Å². The van der Waals surface area contributed by atoms with E-state index in [2.05, 4.69) is 10.3 Å².